The van der Waals surface area contributed by atoms with Crippen LogP contribution in [0.4, 0.5) is 18.9 Å². The Morgan fingerprint density at radius 2 is 2.00 bits per heavy atom. The van der Waals surface area contributed by atoms with Crippen LogP contribution in [0.3, 0.4) is 0 Å². The molecule has 0 radical (unpaired) electrons. The quantitative estimate of drug-likeness (QED) is 0.685. The predicted octanol–water partition coefficient (Wildman–Crippen LogP) is 5.17. The maximum absolute atomic E-state index is 13.3. The number of thioether (sulfide) groups is 1. The molecule has 0 amide bonds. The summed E-state index contributed by atoms with van der Waals surface area (Å²) in [6, 6.07) is 4.41. The number of alkyl halides is 4. The lowest BCUT2D eigenvalue weighted by Crippen LogP contribution is -2.29. The zero-order valence-electron chi connectivity index (χ0n) is 12.1. The molecule has 0 aromatic heterocycles. The summed E-state index contributed by atoms with van der Waals surface area (Å²) >= 11 is 7.48. The lowest BCUT2D eigenvalue weighted by Gasteiger charge is -2.27. The summed E-state index contributed by atoms with van der Waals surface area (Å²) in [5.74, 6) is 0.924. The minimum absolute atomic E-state index is 0.0895. The van der Waals surface area contributed by atoms with Gasteiger partial charge in [-0.2, -0.15) is 24.9 Å². The summed E-state index contributed by atoms with van der Waals surface area (Å²) < 4.78 is 40.0. The number of halogens is 4. The van der Waals surface area contributed by atoms with E-state index >= 15 is 0 Å². The molecular formula is C15H19ClF3NS. The van der Waals surface area contributed by atoms with Crippen molar-refractivity contribution in [3.63, 3.8) is 0 Å². The zero-order chi connectivity index (χ0) is 15.7. The van der Waals surface area contributed by atoms with Crippen molar-refractivity contribution in [2.45, 2.75) is 37.1 Å². The summed E-state index contributed by atoms with van der Waals surface area (Å²) in [6.45, 7) is 5.56. The fraction of sp³-hybridized carbons (Fsp3) is 0.600. The number of anilines is 1. The minimum Gasteiger partial charge on any atom is -0.370 e. The van der Waals surface area contributed by atoms with E-state index < -0.39 is 11.7 Å². The maximum Gasteiger partial charge on any atom is 0.418 e. The Kier molecular flexibility index (Phi) is 5.03. The van der Waals surface area contributed by atoms with Gasteiger partial charge in [-0.25, -0.2) is 0 Å². The average molecular weight is 338 g/mol. The fourth-order valence-electron chi connectivity index (χ4n) is 2.43. The van der Waals surface area contributed by atoms with E-state index in [-0.39, 0.29) is 16.3 Å². The van der Waals surface area contributed by atoms with Gasteiger partial charge in [-0.1, -0.05) is 19.9 Å². The number of hydrogen-bond acceptors (Lipinski definition) is 2. The largest absolute Gasteiger partial charge is 0.418 e. The lowest BCUT2D eigenvalue weighted by molar-refractivity contribution is -0.137. The van der Waals surface area contributed by atoms with Crippen LogP contribution in [0.15, 0.2) is 18.2 Å². The highest BCUT2D eigenvalue weighted by molar-refractivity contribution is 8.00. The summed E-state index contributed by atoms with van der Waals surface area (Å²) in [6.07, 6.45) is -3.49. The molecule has 0 aliphatic carbocycles. The molecule has 21 heavy (non-hydrogen) atoms. The van der Waals surface area contributed by atoms with Gasteiger partial charge in [0, 0.05) is 35.2 Å². The van der Waals surface area contributed by atoms with Gasteiger partial charge in [0.1, 0.15) is 0 Å². The second-order valence-corrected chi connectivity index (χ2v) is 7.90. The van der Waals surface area contributed by atoms with E-state index in [2.05, 4.69) is 13.8 Å². The molecule has 1 nitrogen and oxygen atoms in total. The van der Waals surface area contributed by atoms with E-state index in [4.69, 9.17) is 11.6 Å². The molecule has 2 rings (SSSR count). The smallest absolute Gasteiger partial charge is 0.370 e. The van der Waals surface area contributed by atoms with Gasteiger partial charge in [-0.15, -0.1) is 11.6 Å². The highest BCUT2D eigenvalue weighted by atomic mass is 35.5. The van der Waals surface area contributed by atoms with Crippen LogP contribution in [-0.4, -0.2) is 23.6 Å². The molecular weight excluding hydrogens is 319 g/mol. The van der Waals surface area contributed by atoms with Crippen molar-refractivity contribution in [2.75, 3.05) is 23.7 Å². The highest BCUT2D eigenvalue weighted by Crippen LogP contribution is 2.39. The van der Waals surface area contributed by atoms with E-state index in [1.807, 2.05) is 16.7 Å². The van der Waals surface area contributed by atoms with Crippen molar-refractivity contribution in [1.82, 2.24) is 0 Å². The normalized spacial score (nSPS) is 19.4. The van der Waals surface area contributed by atoms with Crippen molar-refractivity contribution in [1.29, 1.82) is 0 Å². The van der Waals surface area contributed by atoms with Crippen molar-refractivity contribution in [3.05, 3.63) is 29.3 Å². The number of hydrogen-bond donors (Lipinski definition) is 0. The van der Waals surface area contributed by atoms with Crippen molar-refractivity contribution in [3.8, 4) is 0 Å². The molecule has 0 N–H and O–H groups in total. The number of benzene rings is 1. The third kappa shape index (κ3) is 4.22. The molecule has 0 bridgehead atoms. The molecule has 6 heteroatoms. The van der Waals surface area contributed by atoms with Crippen molar-refractivity contribution >= 4 is 29.1 Å². The second kappa shape index (κ2) is 6.29. The van der Waals surface area contributed by atoms with E-state index in [0.717, 1.165) is 12.2 Å². The van der Waals surface area contributed by atoms with Crippen molar-refractivity contribution < 1.29 is 13.2 Å². The van der Waals surface area contributed by atoms with Crippen LogP contribution < -0.4 is 4.90 Å². The molecule has 1 fully saturated rings. The number of rotatable bonds is 2. The molecule has 0 saturated carbocycles. The van der Waals surface area contributed by atoms with Crippen LogP contribution in [0.5, 0.6) is 0 Å². The third-order valence-corrected chi connectivity index (χ3v) is 5.38. The van der Waals surface area contributed by atoms with Gasteiger partial charge in [0.05, 0.1) is 5.56 Å². The molecule has 1 aliphatic rings. The SMILES string of the molecule is CC1(C)CCN(c2ccc(CCl)cc2C(F)(F)F)CCS1. The van der Waals surface area contributed by atoms with Crippen LogP contribution >= 0.6 is 23.4 Å². The summed E-state index contributed by atoms with van der Waals surface area (Å²) in [5, 5.41) is 0. The fourth-order valence-corrected chi connectivity index (χ4v) is 3.70. The van der Waals surface area contributed by atoms with E-state index in [1.165, 1.54) is 6.07 Å². The van der Waals surface area contributed by atoms with Gasteiger partial charge in [0.2, 0.25) is 0 Å². The van der Waals surface area contributed by atoms with E-state index in [0.29, 0.717) is 18.7 Å². The first-order valence-corrected chi connectivity index (χ1v) is 8.40. The molecule has 0 spiro atoms. The Hall–Kier alpha value is -0.550. The Morgan fingerprint density at radius 3 is 2.62 bits per heavy atom. The molecule has 1 aliphatic heterocycles. The summed E-state index contributed by atoms with van der Waals surface area (Å²) in [5.41, 5.74) is 0.192. The molecule has 118 valence electrons. The first-order chi connectivity index (χ1) is 9.73. The van der Waals surface area contributed by atoms with Gasteiger partial charge in [-0.3, -0.25) is 0 Å². The Balaban J connectivity index is 2.34. The van der Waals surface area contributed by atoms with Crippen molar-refractivity contribution in [2.24, 2.45) is 0 Å². The van der Waals surface area contributed by atoms with Gasteiger partial charge in [0.25, 0.3) is 0 Å². The summed E-state index contributed by atoms with van der Waals surface area (Å²) in [4.78, 5) is 1.85. The standard InChI is InChI=1S/C15H19ClF3NS/c1-14(2)5-6-20(7-8-21-14)13-4-3-11(10-16)9-12(13)15(17,18)19/h3-4,9H,5-8,10H2,1-2H3. The monoisotopic (exact) mass is 337 g/mol. The molecule has 0 unspecified atom stereocenters. The molecule has 1 aromatic rings. The topological polar surface area (TPSA) is 3.24 Å². The van der Waals surface area contributed by atoms with Crippen LogP contribution in [0.25, 0.3) is 0 Å². The molecule has 1 aromatic carbocycles. The van der Waals surface area contributed by atoms with Gasteiger partial charge < -0.3 is 4.90 Å². The maximum atomic E-state index is 13.3. The molecule has 1 heterocycles. The minimum atomic E-state index is -4.35. The van der Waals surface area contributed by atoms with Crippen LogP contribution in [0.2, 0.25) is 0 Å². The predicted molar refractivity (Wildman–Crippen MR) is 84.4 cm³/mol. The highest BCUT2D eigenvalue weighted by Gasteiger charge is 2.36. The number of nitrogens with zero attached hydrogens (tertiary/aromatic N) is 1. The molecule has 1 saturated heterocycles. The van der Waals surface area contributed by atoms with Gasteiger partial charge >= 0.3 is 6.18 Å². The first-order valence-electron chi connectivity index (χ1n) is 6.88. The lowest BCUT2D eigenvalue weighted by atomic mass is 10.1. The average Bonchev–Trinajstić information content (AvgIpc) is 2.58. The second-order valence-electron chi connectivity index (χ2n) is 5.83. The Morgan fingerprint density at radius 1 is 1.29 bits per heavy atom. The summed E-state index contributed by atoms with van der Waals surface area (Å²) in [7, 11) is 0. The molecule has 0 atom stereocenters. The zero-order valence-corrected chi connectivity index (χ0v) is 13.7. The van der Waals surface area contributed by atoms with Crippen LogP contribution in [0.1, 0.15) is 31.4 Å². The van der Waals surface area contributed by atoms with Crippen LogP contribution in [-0.2, 0) is 12.1 Å². The van der Waals surface area contributed by atoms with E-state index in [9.17, 15) is 13.2 Å². The third-order valence-electron chi connectivity index (χ3n) is 3.70. The van der Waals surface area contributed by atoms with Gasteiger partial charge in [0.15, 0.2) is 0 Å². The Bertz CT molecular complexity index is 502. The van der Waals surface area contributed by atoms with E-state index in [1.54, 1.807) is 12.1 Å². The van der Waals surface area contributed by atoms with Crippen LogP contribution in [0, 0.1) is 0 Å². The first kappa shape index (κ1) is 16.8. The Labute approximate surface area is 132 Å². The van der Waals surface area contributed by atoms with Gasteiger partial charge in [-0.05, 0) is 24.1 Å².